The molecule has 7 heteroatoms. The fourth-order valence-electron chi connectivity index (χ4n) is 1.47. The van der Waals surface area contributed by atoms with E-state index in [9.17, 15) is 0 Å². The molecule has 0 aromatic heterocycles. The molecule has 0 saturated carbocycles. The Labute approximate surface area is 131 Å². The molecule has 1 rings (SSSR count). The van der Waals surface area contributed by atoms with Crippen LogP contribution < -0.4 is 26.4 Å². The number of aryl methyl sites for hydroxylation is 1. The maximum Gasteiger partial charge on any atom is 0.189 e. The van der Waals surface area contributed by atoms with Gasteiger partial charge in [0.15, 0.2) is 10.2 Å². The van der Waals surface area contributed by atoms with Gasteiger partial charge in [0.25, 0.3) is 0 Å². The average Bonchev–Trinajstić information content (AvgIpc) is 2.36. The van der Waals surface area contributed by atoms with Gasteiger partial charge in [-0.2, -0.15) is 0 Å². The summed E-state index contributed by atoms with van der Waals surface area (Å²) in [4.78, 5) is 1.37. The summed E-state index contributed by atoms with van der Waals surface area (Å²) < 4.78 is 0. The van der Waals surface area contributed by atoms with Crippen LogP contribution in [0.2, 0.25) is 0 Å². The quantitative estimate of drug-likeness (QED) is 0.392. The SMILES string of the molecule is Cc1cccc(NC(=S)NNC(=S)NCC[NH+](C)C)c1. The van der Waals surface area contributed by atoms with E-state index < -0.39 is 0 Å². The Hall–Kier alpha value is -1.44. The fraction of sp³-hybridized carbons (Fsp3) is 0.385. The number of quaternary nitrogens is 1. The van der Waals surface area contributed by atoms with Crippen LogP contribution in [0.3, 0.4) is 0 Å². The molecule has 0 aliphatic heterocycles. The highest BCUT2D eigenvalue weighted by Gasteiger charge is 2.00. The predicted molar refractivity (Wildman–Crippen MR) is 91.9 cm³/mol. The van der Waals surface area contributed by atoms with Gasteiger partial charge >= 0.3 is 0 Å². The summed E-state index contributed by atoms with van der Waals surface area (Å²) in [6.45, 7) is 3.84. The zero-order chi connectivity index (χ0) is 15.0. The zero-order valence-corrected chi connectivity index (χ0v) is 13.7. The number of rotatable bonds is 4. The van der Waals surface area contributed by atoms with E-state index >= 15 is 0 Å². The molecule has 110 valence electrons. The number of likely N-dealkylation sites (N-methyl/N-ethyl adjacent to an activating group) is 1. The second kappa shape index (κ2) is 8.68. The summed E-state index contributed by atoms with van der Waals surface area (Å²) >= 11 is 10.3. The number of thiocarbonyl (C=S) groups is 2. The molecule has 5 N–H and O–H groups in total. The third kappa shape index (κ3) is 7.22. The number of anilines is 1. The van der Waals surface area contributed by atoms with Crippen molar-refractivity contribution < 1.29 is 4.90 Å². The Morgan fingerprint density at radius 1 is 1.15 bits per heavy atom. The standard InChI is InChI=1S/C13H21N5S2/c1-10-5-4-6-11(9-10)15-13(20)17-16-12(19)14-7-8-18(2)3/h4-6,9H,7-8H2,1-3H3,(H2,14,16,19)(H2,15,17,20)/p+1. The topological polar surface area (TPSA) is 52.6 Å². The van der Waals surface area contributed by atoms with Crippen LogP contribution in [-0.2, 0) is 0 Å². The van der Waals surface area contributed by atoms with Gasteiger partial charge in [-0.1, -0.05) is 12.1 Å². The van der Waals surface area contributed by atoms with Crippen LogP contribution >= 0.6 is 24.4 Å². The molecule has 0 heterocycles. The Morgan fingerprint density at radius 3 is 2.50 bits per heavy atom. The van der Waals surface area contributed by atoms with Crippen molar-refractivity contribution in [2.24, 2.45) is 0 Å². The van der Waals surface area contributed by atoms with Gasteiger partial charge < -0.3 is 15.5 Å². The van der Waals surface area contributed by atoms with Gasteiger partial charge in [-0.25, -0.2) is 0 Å². The first-order valence-electron chi connectivity index (χ1n) is 6.44. The molecule has 0 unspecified atom stereocenters. The highest BCUT2D eigenvalue weighted by Crippen LogP contribution is 2.08. The number of benzene rings is 1. The summed E-state index contributed by atoms with van der Waals surface area (Å²) in [5.41, 5.74) is 7.82. The molecule has 0 spiro atoms. The molecule has 0 radical (unpaired) electrons. The van der Waals surface area contributed by atoms with Gasteiger partial charge in [-0.15, -0.1) is 0 Å². The molecule has 1 aromatic rings. The second-order valence-electron chi connectivity index (χ2n) is 4.79. The van der Waals surface area contributed by atoms with Crippen molar-refractivity contribution in [1.82, 2.24) is 16.2 Å². The Balaban J connectivity index is 2.24. The number of hydrogen-bond acceptors (Lipinski definition) is 2. The lowest BCUT2D eigenvalue weighted by atomic mass is 10.2. The predicted octanol–water partition coefficient (Wildman–Crippen LogP) is -0.195. The van der Waals surface area contributed by atoms with E-state index in [1.165, 1.54) is 10.5 Å². The van der Waals surface area contributed by atoms with Gasteiger partial charge in [-0.05, 0) is 49.1 Å². The third-order valence-electron chi connectivity index (χ3n) is 2.48. The van der Waals surface area contributed by atoms with Crippen LogP contribution in [-0.4, -0.2) is 37.4 Å². The maximum atomic E-state index is 5.18. The minimum absolute atomic E-state index is 0.470. The second-order valence-corrected chi connectivity index (χ2v) is 5.60. The molecule has 0 aliphatic rings. The van der Waals surface area contributed by atoms with Crippen LogP contribution in [0, 0.1) is 6.92 Å². The largest absolute Gasteiger partial charge is 0.356 e. The van der Waals surface area contributed by atoms with E-state index in [4.69, 9.17) is 24.4 Å². The van der Waals surface area contributed by atoms with Crippen LogP contribution in [0.4, 0.5) is 5.69 Å². The lowest BCUT2D eigenvalue weighted by Gasteiger charge is -2.15. The van der Waals surface area contributed by atoms with Gasteiger partial charge in [0.1, 0.15) is 0 Å². The summed E-state index contributed by atoms with van der Waals surface area (Å²) in [5, 5.41) is 7.17. The Kier molecular flexibility index (Phi) is 7.21. The fourth-order valence-corrected chi connectivity index (χ4v) is 1.79. The first-order valence-corrected chi connectivity index (χ1v) is 7.25. The number of hydrazine groups is 1. The molecule has 0 bridgehead atoms. The van der Waals surface area contributed by atoms with Crippen molar-refractivity contribution in [2.75, 3.05) is 32.5 Å². The van der Waals surface area contributed by atoms with E-state index in [0.29, 0.717) is 10.2 Å². The smallest absolute Gasteiger partial charge is 0.189 e. The highest BCUT2D eigenvalue weighted by molar-refractivity contribution is 7.80. The van der Waals surface area contributed by atoms with Crippen molar-refractivity contribution in [1.29, 1.82) is 0 Å². The van der Waals surface area contributed by atoms with Crippen LogP contribution in [0.15, 0.2) is 24.3 Å². The van der Waals surface area contributed by atoms with E-state index in [-0.39, 0.29) is 0 Å². The third-order valence-corrected chi connectivity index (χ3v) is 2.93. The number of nitrogens with one attached hydrogen (secondary N) is 5. The molecule has 0 amide bonds. The first kappa shape index (κ1) is 16.6. The van der Waals surface area contributed by atoms with Crippen molar-refractivity contribution in [3.8, 4) is 0 Å². The van der Waals surface area contributed by atoms with Crippen LogP contribution in [0.5, 0.6) is 0 Å². The van der Waals surface area contributed by atoms with E-state index in [1.807, 2.05) is 31.2 Å². The Morgan fingerprint density at radius 2 is 1.85 bits per heavy atom. The van der Waals surface area contributed by atoms with Crippen LogP contribution in [0.1, 0.15) is 5.56 Å². The van der Waals surface area contributed by atoms with Gasteiger partial charge in [0, 0.05) is 5.69 Å². The van der Waals surface area contributed by atoms with Crippen molar-refractivity contribution in [3.63, 3.8) is 0 Å². The van der Waals surface area contributed by atoms with Crippen molar-refractivity contribution in [2.45, 2.75) is 6.92 Å². The molecule has 0 atom stereocenters. The molecular weight excluding hydrogens is 290 g/mol. The lowest BCUT2D eigenvalue weighted by molar-refractivity contribution is -0.856. The first-order chi connectivity index (χ1) is 9.47. The van der Waals surface area contributed by atoms with Crippen LogP contribution in [0.25, 0.3) is 0 Å². The minimum atomic E-state index is 0.470. The van der Waals surface area contributed by atoms with Crippen molar-refractivity contribution >= 4 is 40.3 Å². The van der Waals surface area contributed by atoms with Crippen molar-refractivity contribution in [3.05, 3.63) is 29.8 Å². The molecule has 20 heavy (non-hydrogen) atoms. The summed E-state index contributed by atoms with van der Waals surface area (Å²) in [6.07, 6.45) is 0. The van der Waals surface area contributed by atoms with Gasteiger partial charge in [0.05, 0.1) is 27.2 Å². The lowest BCUT2D eigenvalue weighted by Crippen LogP contribution is -3.06. The van der Waals surface area contributed by atoms with E-state index in [2.05, 4.69) is 35.6 Å². The number of hydrogen-bond donors (Lipinski definition) is 5. The molecule has 0 aliphatic carbocycles. The summed E-state index contributed by atoms with van der Waals surface area (Å²) in [6, 6.07) is 7.98. The molecule has 0 fully saturated rings. The molecule has 1 aromatic carbocycles. The Bertz CT molecular complexity index is 462. The minimum Gasteiger partial charge on any atom is -0.356 e. The van der Waals surface area contributed by atoms with E-state index in [1.54, 1.807) is 0 Å². The summed E-state index contributed by atoms with van der Waals surface area (Å²) in [5.74, 6) is 0. The highest BCUT2D eigenvalue weighted by atomic mass is 32.1. The van der Waals surface area contributed by atoms with Gasteiger partial charge in [-0.3, -0.25) is 10.9 Å². The van der Waals surface area contributed by atoms with Gasteiger partial charge in [0.2, 0.25) is 0 Å². The normalized spacial score (nSPS) is 10.0. The van der Waals surface area contributed by atoms with E-state index in [0.717, 1.165) is 18.8 Å². The summed E-state index contributed by atoms with van der Waals surface area (Å²) in [7, 11) is 4.19. The molecule has 0 saturated heterocycles. The zero-order valence-electron chi connectivity index (χ0n) is 12.0. The molecule has 5 nitrogen and oxygen atoms in total. The molecular formula is C13H22N5S2+. The average molecular weight is 312 g/mol. The monoisotopic (exact) mass is 312 g/mol. The maximum absolute atomic E-state index is 5.18.